The van der Waals surface area contributed by atoms with Crippen LogP contribution < -0.4 is 4.74 Å². The molecule has 28 heavy (non-hydrogen) atoms. The Morgan fingerprint density at radius 2 is 1.86 bits per heavy atom. The zero-order valence-corrected chi connectivity index (χ0v) is 17.2. The lowest BCUT2D eigenvalue weighted by molar-refractivity contribution is -0.138. The predicted molar refractivity (Wildman–Crippen MR) is 109 cm³/mol. The fourth-order valence-corrected chi connectivity index (χ4v) is 3.10. The Morgan fingerprint density at radius 3 is 2.50 bits per heavy atom. The first-order chi connectivity index (χ1) is 13.4. The summed E-state index contributed by atoms with van der Waals surface area (Å²) >= 11 is 12.1. The van der Waals surface area contributed by atoms with E-state index in [4.69, 9.17) is 27.9 Å². The summed E-state index contributed by atoms with van der Waals surface area (Å²) < 4.78 is 7.41. The predicted octanol–water partition coefficient (Wildman–Crippen LogP) is 4.56. The van der Waals surface area contributed by atoms with Gasteiger partial charge < -0.3 is 9.64 Å². The van der Waals surface area contributed by atoms with Gasteiger partial charge >= 0.3 is 0 Å². The largest absolute Gasteiger partial charge is 0.479 e. The summed E-state index contributed by atoms with van der Waals surface area (Å²) in [5, 5.41) is 4.78. The van der Waals surface area contributed by atoms with Crippen LogP contribution in [0.1, 0.15) is 25.5 Å². The van der Waals surface area contributed by atoms with Gasteiger partial charge in [0, 0.05) is 7.05 Å². The second kappa shape index (κ2) is 8.63. The topological polar surface area (TPSA) is 60.2 Å². The molecule has 0 radical (unpaired) electrons. The first-order valence-corrected chi connectivity index (χ1v) is 9.46. The van der Waals surface area contributed by atoms with Gasteiger partial charge in [-0.25, -0.2) is 9.67 Å². The second-order valence-electron chi connectivity index (χ2n) is 6.37. The number of amides is 1. The van der Waals surface area contributed by atoms with Crippen LogP contribution in [0.2, 0.25) is 10.0 Å². The van der Waals surface area contributed by atoms with Crippen molar-refractivity contribution in [2.45, 2.75) is 26.0 Å². The number of hydrogen-bond donors (Lipinski definition) is 0. The van der Waals surface area contributed by atoms with E-state index in [2.05, 4.69) is 10.1 Å². The summed E-state index contributed by atoms with van der Waals surface area (Å²) in [6.45, 7) is 3.65. The quantitative estimate of drug-likeness (QED) is 0.588. The maximum absolute atomic E-state index is 12.8. The molecule has 2 unspecified atom stereocenters. The molecule has 3 rings (SSSR count). The number of likely N-dealkylation sites (N-methyl/N-ethyl adjacent to an activating group) is 1. The Balaban J connectivity index is 1.68. The van der Waals surface area contributed by atoms with Crippen LogP contribution in [0.25, 0.3) is 5.69 Å². The molecule has 146 valence electrons. The highest BCUT2D eigenvalue weighted by Gasteiger charge is 2.25. The number of nitrogens with zero attached hydrogens (tertiary/aromatic N) is 4. The molecule has 6 nitrogen and oxygen atoms in total. The molecule has 0 aliphatic heterocycles. The minimum Gasteiger partial charge on any atom is -0.479 e. The molecular formula is C20H20Cl2N4O2. The van der Waals surface area contributed by atoms with Crippen molar-refractivity contribution in [3.63, 3.8) is 0 Å². The molecule has 0 spiro atoms. The van der Waals surface area contributed by atoms with E-state index in [1.807, 2.05) is 31.2 Å². The first kappa shape index (κ1) is 20.2. The van der Waals surface area contributed by atoms with Gasteiger partial charge in [-0.05, 0) is 43.7 Å². The molecule has 2 aromatic carbocycles. The van der Waals surface area contributed by atoms with Crippen molar-refractivity contribution in [1.82, 2.24) is 19.7 Å². The van der Waals surface area contributed by atoms with Crippen LogP contribution in [-0.2, 0) is 4.79 Å². The number of benzene rings is 2. The average Bonchev–Trinajstić information content (AvgIpc) is 3.24. The normalized spacial score (nSPS) is 13.0. The maximum Gasteiger partial charge on any atom is 0.263 e. The van der Waals surface area contributed by atoms with Gasteiger partial charge in [0.1, 0.15) is 23.4 Å². The fraction of sp³-hybridized carbons (Fsp3) is 0.250. The van der Waals surface area contributed by atoms with E-state index < -0.39 is 6.10 Å². The Hall–Kier alpha value is -2.57. The lowest BCUT2D eigenvalue weighted by Crippen LogP contribution is -2.39. The van der Waals surface area contributed by atoms with Crippen molar-refractivity contribution in [1.29, 1.82) is 0 Å². The third-order valence-electron chi connectivity index (χ3n) is 4.56. The Kier molecular flexibility index (Phi) is 6.21. The lowest BCUT2D eigenvalue weighted by atomic mass is 10.1. The van der Waals surface area contributed by atoms with E-state index in [1.54, 1.807) is 48.1 Å². The van der Waals surface area contributed by atoms with E-state index in [-0.39, 0.29) is 11.9 Å². The lowest BCUT2D eigenvalue weighted by Gasteiger charge is -2.28. The average molecular weight is 419 g/mol. The van der Waals surface area contributed by atoms with Crippen LogP contribution in [0.4, 0.5) is 0 Å². The van der Waals surface area contributed by atoms with Crippen molar-refractivity contribution in [2.75, 3.05) is 7.05 Å². The van der Waals surface area contributed by atoms with Crippen LogP contribution in [0, 0.1) is 0 Å². The monoisotopic (exact) mass is 418 g/mol. The highest BCUT2D eigenvalue weighted by molar-refractivity contribution is 6.42. The summed E-state index contributed by atoms with van der Waals surface area (Å²) in [4.78, 5) is 18.4. The number of hydrogen-bond acceptors (Lipinski definition) is 4. The summed E-state index contributed by atoms with van der Waals surface area (Å²) in [6, 6.07) is 12.7. The molecule has 3 aromatic rings. The van der Waals surface area contributed by atoms with Crippen LogP contribution in [0.3, 0.4) is 0 Å². The fourth-order valence-electron chi connectivity index (χ4n) is 2.76. The van der Waals surface area contributed by atoms with Crippen LogP contribution >= 0.6 is 23.2 Å². The van der Waals surface area contributed by atoms with Gasteiger partial charge in [0.25, 0.3) is 5.91 Å². The zero-order chi connectivity index (χ0) is 20.3. The van der Waals surface area contributed by atoms with Crippen LogP contribution in [0.15, 0.2) is 55.1 Å². The van der Waals surface area contributed by atoms with Gasteiger partial charge in [0.05, 0.1) is 16.8 Å². The highest BCUT2D eigenvalue weighted by atomic mass is 35.5. The SMILES string of the molecule is CC(Oc1cccc(Cl)c1Cl)C(=O)N(C)C(C)c1ccc(-n2cncn2)cc1. The number of carbonyl (C=O) groups is 1. The molecule has 0 fully saturated rings. The van der Waals surface area contributed by atoms with Crippen LogP contribution in [-0.4, -0.2) is 38.7 Å². The third kappa shape index (κ3) is 4.29. The van der Waals surface area contributed by atoms with Crippen molar-refractivity contribution in [2.24, 2.45) is 0 Å². The highest BCUT2D eigenvalue weighted by Crippen LogP contribution is 2.32. The van der Waals surface area contributed by atoms with Gasteiger partial charge in [-0.15, -0.1) is 0 Å². The molecule has 2 atom stereocenters. The van der Waals surface area contributed by atoms with Gasteiger partial charge in [0.2, 0.25) is 0 Å². The molecule has 0 saturated heterocycles. The number of carbonyl (C=O) groups excluding carboxylic acids is 1. The first-order valence-electron chi connectivity index (χ1n) is 8.70. The van der Waals surface area contributed by atoms with Gasteiger partial charge in [-0.2, -0.15) is 5.10 Å². The summed E-state index contributed by atoms with van der Waals surface area (Å²) in [7, 11) is 1.75. The summed E-state index contributed by atoms with van der Waals surface area (Å²) in [5.41, 5.74) is 1.89. The third-order valence-corrected chi connectivity index (χ3v) is 5.36. The minimum atomic E-state index is -0.710. The molecule has 0 aliphatic rings. The van der Waals surface area contributed by atoms with Gasteiger partial charge in [-0.3, -0.25) is 4.79 Å². The van der Waals surface area contributed by atoms with Crippen molar-refractivity contribution < 1.29 is 9.53 Å². The van der Waals surface area contributed by atoms with E-state index in [1.165, 1.54) is 6.33 Å². The van der Waals surface area contributed by atoms with Crippen molar-refractivity contribution in [3.8, 4) is 11.4 Å². The van der Waals surface area contributed by atoms with E-state index in [9.17, 15) is 4.79 Å². The van der Waals surface area contributed by atoms with E-state index in [0.717, 1.165) is 11.3 Å². The number of aromatic nitrogens is 3. The molecule has 1 heterocycles. The van der Waals surface area contributed by atoms with Crippen molar-refractivity contribution >= 4 is 29.1 Å². The number of ether oxygens (including phenoxy) is 1. The summed E-state index contributed by atoms with van der Waals surface area (Å²) in [6.07, 6.45) is 2.41. The molecule has 0 bridgehead atoms. The van der Waals surface area contributed by atoms with E-state index >= 15 is 0 Å². The zero-order valence-electron chi connectivity index (χ0n) is 15.7. The van der Waals surface area contributed by atoms with Crippen LogP contribution in [0.5, 0.6) is 5.75 Å². The number of rotatable bonds is 6. The molecule has 0 N–H and O–H groups in total. The minimum absolute atomic E-state index is 0.141. The standard InChI is InChI=1S/C20H20Cl2N4O2/c1-13(15-7-9-16(10-8-15)26-12-23-11-24-26)25(3)20(27)14(2)28-18-6-4-5-17(21)19(18)22/h4-14H,1-3H3. The molecule has 8 heteroatoms. The smallest absolute Gasteiger partial charge is 0.263 e. The maximum atomic E-state index is 12.8. The molecule has 1 aromatic heterocycles. The molecular weight excluding hydrogens is 399 g/mol. The second-order valence-corrected chi connectivity index (χ2v) is 7.15. The van der Waals surface area contributed by atoms with Gasteiger partial charge in [-0.1, -0.05) is 41.4 Å². The summed E-state index contributed by atoms with van der Waals surface area (Å²) in [5.74, 6) is 0.220. The Bertz CT molecular complexity index is 945. The van der Waals surface area contributed by atoms with E-state index in [0.29, 0.717) is 15.8 Å². The Labute approximate surface area is 173 Å². The van der Waals surface area contributed by atoms with Crippen molar-refractivity contribution in [3.05, 3.63) is 70.7 Å². The Morgan fingerprint density at radius 1 is 1.14 bits per heavy atom. The number of halogens is 2. The molecule has 0 aliphatic carbocycles. The molecule has 0 saturated carbocycles. The molecule has 1 amide bonds. The van der Waals surface area contributed by atoms with Gasteiger partial charge in [0.15, 0.2) is 6.10 Å².